The second-order valence-corrected chi connectivity index (χ2v) is 8.24. The average Bonchev–Trinajstić information content (AvgIpc) is 2.77. The fraction of sp³-hybridized carbons (Fsp3) is 0.250. The molecule has 0 spiro atoms. The van der Waals surface area contributed by atoms with E-state index < -0.39 is 11.8 Å². The van der Waals surface area contributed by atoms with Crippen molar-refractivity contribution in [1.82, 2.24) is 10.9 Å². The molecule has 3 aromatic carbocycles. The van der Waals surface area contributed by atoms with Crippen molar-refractivity contribution in [2.24, 2.45) is 5.92 Å². The maximum atomic E-state index is 12.2. The zero-order valence-corrected chi connectivity index (χ0v) is 19.1. The lowest BCUT2D eigenvalue weighted by Gasteiger charge is -2.12. The highest BCUT2D eigenvalue weighted by molar-refractivity contribution is 9.10. The lowest BCUT2D eigenvalue weighted by atomic mass is 10.1. The van der Waals surface area contributed by atoms with E-state index in [1.807, 2.05) is 30.3 Å². The van der Waals surface area contributed by atoms with Crippen molar-refractivity contribution in [1.29, 1.82) is 0 Å². The molecule has 0 aliphatic carbocycles. The van der Waals surface area contributed by atoms with Crippen molar-refractivity contribution >= 4 is 38.5 Å². The molecule has 0 unspecified atom stereocenters. The summed E-state index contributed by atoms with van der Waals surface area (Å²) < 4.78 is 12.0. The van der Waals surface area contributed by atoms with E-state index in [1.165, 1.54) is 0 Å². The molecule has 0 aromatic heterocycles. The largest absolute Gasteiger partial charge is 0.494 e. The first-order chi connectivity index (χ1) is 14.9. The molecule has 2 amide bonds. The molecule has 0 bridgehead atoms. The molecule has 6 nitrogen and oxygen atoms in total. The van der Waals surface area contributed by atoms with Gasteiger partial charge < -0.3 is 9.47 Å². The van der Waals surface area contributed by atoms with Gasteiger partial charge in [-0.1, -0.05) is 44.2 Å². The summed E-state index contributed by atoms with van der Waals surface area (Å²) in [7, 11) is 0. The number of halogens is 1. The highest BCUT2D eigenvalue weighted by Crippen LogP contribution is 2.32. The quantitative estimate of drug-likeness (QED) is 0.447. The van der Waals surface area contributed by atoms with Crippen LogP contribution < -0.4 is 20.3 Å². The molecule has 2 N–H and O–H groups in total. The van der Waals surface area contributed by atoms with E-state index in [1.54, 1.807) is 30.3 Å². The van der Waals surface area contributed by atoms with Crippen molar-refractivity contribution < 1.29 is 19.1 Å². The van der Waals surface area contributed by atoms with Crippen LogP contribution in [-0.4, -0.2) is 25.0 Å². The van der Waals surface area contributed by atoms with Crippen LogP contribution in [0.25, 0.3) is 10.8 Å². The normalized spacial score (nSPS) is 10.7. The first kappa shape index (κ1) is 22.6. The molecule has 7 heteroatoms. The van der Waals surface area contributed by atoms with Crippen LogP contribution in [0, 0.1) is 5.92 Å². The molecule has 0 aliphatic heterocycles. The Morgan fingerprint density at radius 3 is 2.42 bits per heavy atom. The van der Waals surface area contributed by atoms with Crippen LogP contribution in [0.15, 0.2) is 65.1 Å². The molecule has 0 heterocycles. The third-order valence-electron chi connectivity index (χ3n) is 4.58. The van der Waals surface area contributed by atoms with E-state index in [-0.39, 0.29) is 6.61 Å². The van der Waals surface area contributed by atoms with Gasteiger partial charge in [0.1, 0.15) is 11.5 Å². The summed E-state index contributed by atoms with van der Waals surface area (Å²) in [5.41, 5.74) is 5.16. The zero-order chi connectivity index (χ0) is 22.2. The summed E-state index contributed by atoms with van der Waals surface area (Å²) in [6.45, 7) is 4.67. The van der Waals surface area contributed by atoms with E-state index >= 15 is 0 Å². The predicted octanol–water partition coefficient (Wildman–Crippen LogP) is 4.87. The number of carbonyl (C=O) groups is 2. The summed E-state index contributed by atoms with van der Waals surface area (Å²) in [4.78, 5) is 24.3. The summed E-state index contributed by atoms with van der Waals surface area (Å²) in [6.07, 6.45) is 0.964. The van der Waals surface area contributed by atoms with Gasteiger partial charge in [-0.15, -0.1) is 0 Å². The fourth-order valence-corrected chi connectivity index (χ4v) is 3.43. The Bertz CT molecular complexity index is 1050. The van der Waals surface area contributed by atoms with Gasteiger partial charge in [-0.05, 0) is 69.4 Å². The number of rotatable bonds is 8. The van der Waals surface area contributed by atoms with Crippen molar-refractivity contribution in [3.8, 4) is 11.5 Å². The van der Waals surface area contributed by atoms with E-state index in [2.05, 4.69) is 40.6 Å². The van der Waals surface area contributed by atoms with Gasteiger partial charge in [-0.25, -0.2) is 0 Å². The number of benzene rings is 3. The lowest BCUT2D eigenvalue weighted by molar-refractivity contribution is -0.123. The number of hydrogen-bond acceptors (Lipinski definition) is 4. The molecular weight excluding hydrogens is 460 g/mol. The molecule has 0 radical (unpaired) electrons. The molecule has 31 heavy (non-hydrogen) atoms. The summed E-state index contributed by atoms with van der Waals surface area (Å²) >= 11 is 3.52. The van der Waals surface area contributed by atoms with E-state index in [4.69, 9.17) is 9.47 Å². The van der Waals surface area contributed by atoms with Crippen LogP contribution in [0.3, 0.4) is 0 Å². The van der Waals surface area contributed by atoms with Gasteiger partial charge in [0.2, 0.25) is 0 Å². The SMILES string of the molecule is CC(C)CCOc1ccc(C(=O)NNC(=O)COc2ccc3ccccc3c2Br)cc1. The third kappa shape index (κ3) is 6.46. The molecule has 0 aliphatic rings. The van der Waals surface area contributed by atoms with Gasteiger partial charge in [-0.3, -0.25) is 20.4 Å². The number of hydrazine groups is 1. The van der Waals surface area contributed by atoms with E-state index in [9.17, 15) is 9.59 Å². The minimum absolute atomic E-state index is 0.236. The van der Waals surface area contributed by atoms with Crippen molar-refractivity contribution in [3.05, 3.63) is 70.7 Å². The first-order valence-corrected chi connectivity index (χ1v) is 10.9. The Hall–Kier alpha value is -3.06. The predicted molar refractivity (Wildman–Crippen MR) is 124 cm³/mol. The Labute approximate surface area is 190 Å². The number of fused-ring (bicyclic) bond motifs is 1. The van der Waals surface area contributed by atoms with Gasteiger partial charge in [-0.2, -0.15) is 0 Å². The topological polar surface area (TPSA) is 76.7 Å². The molecule has 0 saturated heterocycles. The number of hydrogen-bond donors (Lipinski definition) is 2. The van der Waals surface area contributed by atoms with Crippen molar-refractivity contribution in [2.75, 3.05) is 13.2 Å². The third-order valence-corrected chi connectivity index (χ3v) is 5.40. The lowest BCUT2D eigenvalue weighted by Crippen LogP contribution is -2.43. The van der Waals surface area contributed by atoms with Gasteiger partial charge >= 0.3 is 0 Å². The fourth-order valence-electron chi connectivity index (χ4n) is 2.82. The van der Waals surface area contributed by atoms with Crippen LogP contribution in [0.2, 0.25) is 0 Å². The second-order valence-electron chi connectivity index (χ2n) is 7.45. The molecule has 0 fully saturated rings. The molecular formula is C24H25BrN2O4. The Kier molecular flexibility index (Phi) is 7.89. The maximum absolute atomic E-state index is 12.2. The molecule has 0 saturated carbocycles. The average molecular weight is 485 g/mol. The van der Waals surface area contributed by atoms with Crippen LogP contribution in [-0.2, 0) is 4.79 Å². The number of ether oxygens (including phenoxy) is 2. The zero-order valence-electron chi connectivity index (χ0n) is 17.5. The second kappa shape index (κ2) is 10.8. The highest BCUT2D eigenvalue weighted by atomic mass is 79.9. The van der Waals surface area contributed by atoms with Crippen LogP contribution in [0.4, 0.5) is 0 Å². The summed E-state index contributed by atoms with van der Waals surface area (Å²) in [5, 5.41) is 2.06. The van der Waals surface area contributed by atoms with Crippen LogP contribution in [0.5, 0.6) is 11.5 Å². The Morgan fingerprint density at radius 1 is 0.935 bits per heavy atom. The Morgan fingerprint density at radius 2 is 1.68 bits per heavy atom. The smallest absolute Gasteiger partial charge is 0.276 e. The number of amides is 2. The monoisotopic (exact) mass is 484 g/mol. The maximum Gasteiger partial charge on any atom is 0.276 e. The van der Waals surface area contributed by atoms with Crippen LogP contribution in [0.1, 0.15) is 30.6 Å². The molecule has 3 aromatic rings. The standard InChI is InChI=1S/C24H25BrN2O4/c1-16(2)13-14-30-19-10-7-18(8-11-19)24(29)27-26-22(28)15-31-21-12-9-17-5-3-4-6-20(17)23(21)25/h3-12,16H,13-15H2,1-2H3,(H,26,28)(H,27,29). The van der Waals surface area contributed by atoms with E-state index in [0.717, 1.165) is 21.7 Å². The number of carbonyl (C=O) groups excluding carboxylic acids is 2. The molecule has 162 valence electrons. The highest BCUT2D eigenvalue weighted by Gasteiger charge is 2.11. The summed E-state index contributed by atoms with van der Waals surface area (Å²) in [6, 6.07) is 18.3. The van der Waals surface area contributed by atoms with Gasteiger partial charge in [0.05, 0.1) is 11.1 Å². The molecule has 3 rings (SSSR count). The van der Waals surface area contributed by atoms with Gasteiger partial charge in [0.15, 0.2) is 6.61 Å². The first-order valence-electron chi connectivity index (χ1n) is 10.1. The minimum Gasteiger partial charge on any atom is -0.494 e. The minimum atomic E-state index is -0.470. The van der Waals surface area contributed by atoms with Gasteiger partial charge in [0.25, 0.3) is 11.8 Å². The van der Waals surface area contributed by atoms with Crippen molar-refractivity contribution in [3.63, 3.8) is 0 Å². The van der Waals surface area contributed by atoms with Gasteiger partial charge in [0, 0.05) is 5.56 Å². The summed E-state index contributed by atoms with van der Waals surface area (Å²) in [5.74, 6) is 0.930. The number of nitrogens with one attached hydrogen (secondary N) is 2. The van der Waals surface area contributed by atoms with Crippen molar-refractivity contribution in [2.45, 2.75) is 20.3 Å². The van der Waals surface area contributed by atoms with E-state index in [0.29, 0.717) is 29.6 Å². The Balaban J connectivity index is 1.46. The van der Waals surface area contributed by atoms with Crippen LogP contribution >= 0.6 is 15.9 Å². The molecule has 0 atom stereocenters.